The van der Waals surface area contributed by atoms with Crippen LogP contribution in [0.4, 0.5) is 0 Å². The molecule has 0 radical (unpaired) electrons. The van der Waals surface area contributed by atoms with Crippen molar-refractivity contribution in [2.45, 2.75) is 21.8 Å². The van der Waals surface area contributed by atoms with Gasteiger partial charge in [-0.3, -0.25) is 0 Å². The highest BCUT2D eigenvalue weighted by atomic mass is 32.2. The third-order valence-corrected chi connectivity index (χ3v) is 9.60. The second kappa shape index (κ2) is 7.43. The number of allylic oxidation sites excluding steroid dienone is 4. The second-order valence-corrected chi connectivity index (χ2v) is 11.4. The Bertz CT molecular complexity index is 1450. The van der Waals surface area contributed by atoms with Gasteiger partial charge in [0, 0.05) is 26.2 Å². The van der Waals surface area contributed by atoms with Crippen LogP contribution < -0.4 is 0 Å². The van der Waals surface area contributed by atoms with E-state index in [2.05, 4.69) is 103 Å². The van der Waals surface area contributed by atoms with E-state index in [1.54, 1.807) is 0 Å². The molecule has 7 rings (SSSR count). The van der Waals surface area contributed by atoms with E-state index in [0.717, 1.165) is 6.42 Å². The summed E-state index contributed by atoms with van der Waals surface area (Å²) < 4.78 is 0. The lowest BCUT2D eigenvalue weighted by molar-refractivity contribution is 0.857. The largest absolute Gasteiger partial charge is 0.117 e. The molecule has 154 valence electrons. The molecule has 2 heteroatoms. The molecule has 3 atom stereocenters. The Balaban J connectivity index is 1.23. The lowest BCUT2D eigenvalue weighted by atomic mass is 9.97. The number of fused-ring (bicyclic) bond motifs is 4. The molecule has 1 aliphatic carbocycles. The van der Waals surface area contributed by atoms with Crippen molar-refractivity contribution >= 4 is 50.0 Å². The van der Waals surface area contributed by atoms with Crippen LogP contribution in [0.5, 0.6) is 0 Å². The van der Waals surface area contributed by atoms with Crippen LogP contribution in [0, 0.1) is 5.92 Å². The average Bonchev–Trinajstić information content (AvgIpc) is 3.46. The van der Waals surface area contributed by atoms with E-state index in [1.165, 1.54) is 48.0 Å². The second-order valence-electron chi connectivity index (χ2n) is 8.90. The normalized spacial score (nSPS) is 23.5. The summed E-state index contributed by atoms with van der Waals surface area (Å²) in [5.74, 6) is 0.533. The maximum atomic E-state index is 2.43. The molecule has 32 heavy (non-hydrogen) atoms. The first-order chi connectivity index (χ1) is 15.8. The minimum absolute atomic E-state index is 0.521. The Labute approximate surface area is 197 Å². The fourth-order valence-corrected chi connectivity index (χ4v) is 7.73. The molecule has 3 aliphatic rings. The van der Waals surface area contributed by atoms with Crippen molar-refractivity contribution in [1.82, 2.24) is 0 Å². The number of hydrogen-bond acceptors (Lipinski definition) is 2. The molecule has 2 aliphatic heterocycles. The summed E-state index contributed by atoms with van der Waals surface area (Å²) in [6, 6.07) is 27.6. The average molecular weight is 447 g/mol. The molecule has 0 nitrogen and oxygen atoms in total. The molecule has 0 amide bonds. The van der Waals surface area contributed by atoms with Gasteiger partial charge in [-0.25, -0.2) is 0 Å². The molecule has 0 fully saturated rings. The number of hydrogen-bond donors (Lipinski definition) is 0. The molecule has 4 aromatic rings. The number of thioether (sulfide) groups is 2. The zero-order valence-electron chi connectivity index (χ0n) is 17.6. The minimum atomic E-state index is 0.521. The maximum Gasteiger partial charge on any atom is 0.0385 e. The molecule has 0 N–H and O–H groups in total. The standard InChI is InChI=1S/C30H22S2/c1-3-7-27-21(5-1)17-29(31-27)23-11-9-19-14-26-16-24(12-10-20(26)13-25(19)15-23)30-18-22-6-2-4-8-28(22)32-30/h1-17,21,27,30H,18H2. The van der Waals surface area contributed by atoms with E-state index in [1.807, 2.05) is 23.5 Å². The van der Waals surface area contributed by atoms with Gasteiger partial charge in [0.25, 0.3) is 0 Å². The summed E-state index contributed by atoms with van der Waals surface area (Å²) in [7, 11) is 0. The summed E-state index contributed by atoms with van der Waals surface area (Å²) in [4.78, 5) is 2.85. The molecule has 0 aromatic heterocycles. The molecular weight excluding hydrogens is 424 g/mol. The van der Waals surface area contributed by atoms with Gasteiger partial charge in [0.15, 0.2) is 0 Å². The van der Waals surface area contributed by atoms with Crippen molar-refractivity contribution in [2.75, 3.05) is 0 Å². The van der Waals surface area contributed by atoms with Crippen LogP contribution in [0.1, 0.15) is 21.9 Å². The van der Waals surface area contributed by atoms with Gasteiger partial charge in [-0.05, 0) is 75.0 Å². The lowest BCUT2D eigenvalue weighted by Crippen LogP contribution is -2.07. The van der Waals surface area contributed by atoms with Crippen LogP contribution in [-0.2, 0) is 6.42 Å². The monoisotopic (exact) mass is 446 g/mol. The number of benzene rings is 4. The maximum absolute atomic E-state index is 2.43. The minimum Gasteiger partial charge on any atom is -0.117 e. The van der Waals surface area contributed by atoms with Crippen LogP contribution in [0.25, 0.3) is 26.5 Å². The fraction of sp³-hybridized carbons (Fsp3) is 0.133. The van der Waals surface area contributed by atoms with Crippen molar-refractivity contribution in [3.63, 3.8) is 0 Å². The quantitative estimate of drug-likeness (QED) is 0.283. The van der Waals surface area contributed by atoms with Crippen molar-refractivity contribution in [3.05, 3.63) is 120 Å². The first-order valence-electron chi connectivity index (χ1n) is 11.3. The van der Waals surface area contributed by atoms with Gasteiger partial charge in [-0.1, -0.05) is 72.8 Å². The summed E-state index contributed by atoms with van der Waals surface area (Å²) in [6.45, 7) is 0. The Kier molecular flexibility index (Phi) is 4.38. The lowest BCUT2D eigenvalue weighted by Gasteiger charge is -2.13. The van der Waals surface area contributed by atoms with Crippen LogP contribution in [0.3, 0.4) is 0 Å². The van der Waals surface area contributed by atoms with Gasteiger partial charge < -0.3 is 0 Å². The van der Waals surface area contributed by atoms with Crippen LogP contribution in [-0.4, -0.2) is 5.25 Å². The third-order valence-electron chi connectivity index (χ3n) is 6.85. The first kappa shape index (κ1) is 18.8. The molecule has 3 unspecified atom stereocenters. The van der Waals surface area contributed by atoms with E-state index in [0.29, 0.717) is 16.4 Å². The summed E-state index contributed by atoms with van der Waals surface area (Å²) in [5, 5.41) is 6.39. The van der Waals surface area contributed by atoms with Crippen molar-refractivity contribution in [1.29, 1.82) is 0 Å². The smallest absolute Gasteiger partial charge is 0.0385 e. The van der Waals surface area contributed by atoms with Crippen LogP contribution in [0.2, 0.25) is 0 Å². The van der Waals surface area contributed by atoms with Crippen LogP contribution >= 0.6 is 23.5 Å². The molecule has 0 saturated heterocycles. The van der Waals surface area contributed by atoms with Gasteiger partial charge in [0.05, 0.1) is 0 Å². The zero-order valence-corrected chi connectivity index (χ0v) is 19.2. The van der Waals surface area contributed by atoms with Crippen molar-refractivity contribution in [3.8, 4) is 0 Å². The van der Waals surface area contributed by atoms with Gasteiger partial charge in [-0.2, -0.15) is 0 Å². The predicted molar refractivity (Wildman–Crippen MR) is 141 cm³/mol. The topological polar surface area (TPSA) is 0 Å². The van der Waals surface area contributed by atoms with Gasteiger partial charge >= 0.3 is 0 Å². The fourth-order valence-electron chi connectivity index (χ4n) is 5.13. The molecule has 4 aromatic carbocycles. The van der Waals surface area contributed by atoms with E-state index < -0.39 is 0 Å². The molecule has 0 bridgehead atoms. The van der Waals surface area contributed by atoms with Crippen molar-refractivity contribution in [2.24, 2.45) is 5.92 Å². The number of rotatable bonds is 2. The summed E-state index contributed by atoms with van der Waals surface area (Å²) in [5.41, 5.74) is 4.26. The van der Waals surface area contributed by atoms with Gasteiger partial charge in [0.1, 0.15) is 0 Å². The summed E-state index contributed by atoms with van der Waals surface area (Å²) in [6.07, 6.45) is 12.5. The highest BCUT2D eigenvalue weighted by Crippen LogP contribution is 2.47. The molecular formula is C30H22S2. The van der Waals surface area contributed by atoms with E-state index in [4.69, 9.17) is 0 Å². The Hall–Kier alpha value is -2.68. The highest BCUT2D eigenvalue weighted by Gasteiger charge is 2.26. The van der Waals surface area contributed by atoms with Gasteiger partial charge in [-0.15, -0.1) is 23.5 Å². The first-order valence-corrected chi connectivity index (χ1v) is 13.0. The van der Waals surface area contributed by atoms with Gasteiger partial charge in [0.2, 0.25) is 0 Å². The molecule has 0 spiro atoms. The van der Waals surface area contributed by atoms with E-state index >= 15 is 0 Å². The zero-order chi connectivity index (χ0) is 21.1. The Morgan fingerprint density at radius 1 is 0.688 bits per heavy atom. The predicted octanol–water partition coefficient (Wildman–Crippen LogP) is 8.58. The van der Waals surface area contributed by atoms with E-state index in [9.17, 15) is 0 Å². The van der Waals surface area contributed by atoms with E-state index in [-0.39, 0.29) is 0 Å². The van der Waals surface area contributed by atoms with Crippen LogP contribution in [0.15, 0.2) is 108 Å². The SMILES string of the molecule is C1=CC2C=C(c3ccc4cc5cc(C6Cc7ccccc7S6)ccc5cc4c3)SC2C=C1. The van der Waals surface area contributed by atoms with Crippen molar-refractivity contribution < 1.29 is 0 Å². The Morgan fingerprint density at radius 3 is 2.38 bits per heavy atom. The molecule has 0 saturated carbocycles. The Morgan fingerprint density at radius 2 is 1.50 bits per heavy atom. The summed E-state index contributed by atoms with van der Waals surface area (Å²) >= 11 is 4.00. The third kappa shape index (κ3) is 3.17. The molecule has 2 heterocycles. The highest BCUT2D eigenvalue weighted by molar-refractivity contribution is 8.09.